The average Bonchev–Trinajstić information content (AvgIpc) is 2.47. The number of ether oxygens (including phenoxy) is 2. The van der Waals surface area contributed by atoms with E-state index in [2.05, 4.69) is 9.47 Å². The molecule has 0 radical (unpaired) electrons. The molecule has 2 nitrogen and oxygen atoms in total. The molecule has 0 N–H and O–H groups in total. The summed E-state index contributed by atoms with van der Waals surface area (Å²) in [6.07, 6.45) is -39.2. The van der Waals surface area contributed by atoms with Gasteiger partial charge in [0.1, 0.15) is 0 Å². The van der Waals surface area contributed by atoms with Crippen LogP contribution in [0.5, 0.6) is 0 Å². The van der Waals surface area contributed by atoms with Crippen molar-refractivity contribution >= 4 is 0 Å². The summed E-state index contributed by atoms with van der Waals surface area (Å²) in [5.41, 5.74) is -21.8. The summed E-state index contributed by atoms with van der Waals surface area (Å²) in [4.78, 5) is 0. The summed E-state index contributed by atoms with van der Waals surface area (Å²) < 4.78 is 228. The topological polar surface area (TPSA) is 18.5 Å². The first-order valence-electron chi connectivity index (χ1n) is 6.99. The molecule has 186 valence electrons. The van der Waals surface area contributed by atoms with Gasteiger partial charge in [0.15, 0.2) is 6.79 Å². The van der Waals surface area contributed by atoms with Gasteiger partial charge in [0.25, 0.3) is 0 Å². The maximum Gasteiger partial charge on any atom is 0.449 e. The number of hydrogen-bond acceptors (Lipinski definition) is 2. The third-order valence-corrected chi connectivity index (χ3v) is 3.23. The third kappa shape index (κ3) is 5.21. The van der Waals surface area contributed by atoms with Crippen molar-refractivity contribution in [1.82, 2.24) is 0 Å². The molecule has 0 unspecified atom stereocenters. The van der Waals surface area contributed by atoms with Crippen LogP contribution in [-0.2, 0) is 9.47 Å². The van der Waals surface area contributed by atoms with Crippen LogP contribution >= 0.6 is 0 Å². The van der Waals surface area contributed by atoms with Crippen LogP contribution in [0, 0.1) is 0 Å². The lowest BCUT2D eigenvalue weighted by molar-refractivity contribution is -0.366. The Hall–Kier alpha value is -1.69. The van der Waals surface area contributed by atoms with Crippen molar-refractivity contribution in [3.8, 4) is 0 Å². The van der Waals surface area contributed by atoms with Crippen LogP contribution < -0.4 is 0 Å². The number of allylic oxidation sites excluding steroid dienone is 2. The second-order valence-corrected chi connectivity index (χ2v) is 5.26. The van der Waals surface area contributed by atoms with Gasteiger partial charge in [-0.2, -0.15) is 65.9 Å². The lowest BCUT2D eigenvalue weighted by atomic mass is 9.79. The highest BCUT2D eigenvalue weighted by atomic mass is 19.4. The maximum atomic E-state index is 14.1. The van der Waals surface area contributed by atoms with Crippen molar-refractivity contribution in [2.24, 2.45) is 0 Å². The molecule has 0 aromatic rings. The van der Waals surface area contributed by atoms with Gasteiger partial charge in [-0.1, -0.05) is 0 Å². The predicted octanol–water partition coefficient (Wildman–Crippen LogP) is 6.48. The van der Waals surface area contributed by atoms with E-state index >= 15 is 0 Å². The van der Waals surface area contributed by atoms with Crippen LogP contribution in [-0.4, -0.2) is 55.6 Å². The molecular formula is C12H7F17O2. The van der Waals surface area contributed by atoms with Gasteiger partial charge < -0.3 is 9.47 Å². The van der Waals surface area contributed by atoms with Crippen LogP contribution in [0.1, 0.15) is 6.92 Å². The number of halogens is 17. The molecule has 0 saturated carbocycles. The minimum absolute atomic E-state index is 0.793. The third-order valence-electron chi connectivity index (χ3n) is 3.23. The highest BCUT2D eigenvalue weighted by molar-refractivity contribution is 5.40. The van der Waals surface area contributed by atoms with Crippen molar-refractivity contribution in [3.05, 3.63) is 11.3 Å². The summed E-state index contributed by atoms with van der Waals surface area (Å²) in [5, 5.41) is 0. The molecule has 0 aliphatic heterocycles. The Labute approximate surface area is 159 Å². The van der Waals surface area contributed by atoms with Crippen molar-refractivity contribution in [2.75, 3.05) is 13.4 Å². The van der Waals surface area contributed by atoms with E-state index in [1.807, 2.05) is 0 Å². The number of alkyl halides is 17. The molecule has 0 fully saturated rings. The summed E-state index contributed by atoms with van der Waals surface area (Å²) in [6.45, 7) is -2.15. The Morgan fingerprint density at radius 3 is 1.03 bits per heavy atom. The second kappa shape index (κ2) is 8.34. The van der Waals surface area contributed by atoms with Crippen LogP contribution in [0.15, 0.2) is 11.3 Å². The van der Waals surface area contributed by atoms with Crippen molar-refractivity contribution in [3.63, 3.8) is 0 Å². The lowest BCUT2D eigenvalue weighted by Crippen LogP contribution is -2.66. The highest BCUT2D eigenvalue weighted by Crippen LogP contribution is 2.62. The molecule has 31 heavy (non-hydrogen) atoms. The zero-order valence-electron chi connectivity index (χ0n) is 14.2. The van der Waals surface area contributed by atoms with E-state index < -0.39 is 67.0 Å². The Balaban J connectivity index is 8.02. The van der Waals surface area contributed by atoms with Gasteiger partial charge in [-0.15, -0.1) is 0 Å². The normalized spacial score (nSPS) is 15.2. The van der Waals surface area contributed by atoms with Gasteiger partial charge >= 0.3 is 42.2 Å². The summed E-state index contributed by atoms with van der Waals surface area (Å²) in [7, 11) is 0. The van der Waals surface area contributed by atoms with Crippen LogP contribution in [0.4, 0.5) is 74.6 Å². The zero-order chi connectivity index (χ0) is 25.5. The van der Waals surface area contributed by atoms with E-state index in [0.29, 0.717) is 0 Å². The molecule has 19 heteroatoms. The molecule has 0 atom stereocenters. The van der Waals surface area contributed by atoms with E-state index in [1.54, 1.807) is 0 Å². The van der Waals surface area contributed by atoms with Crippen LogP contribution in [0.2, 0.25) is 0 Å². The van der Waals surface area contributed by atoms with Gasteiger partial charge in [0, 0.05) is 6.61 Å². The van der Waals surface area contributed by atoms with Crippen LogP contribution in [0.25, 0.3) is 0 Å². The van der Waals surface area contributed by atoms with Crippen molar-refractivity contribution in [2.45, 2.75) is 49.1 Å². The van der Waals surface area contributed by atoms with Crippen LogP contribution in [0.3, 0.4) is 0 Å². The number of rotatable bonds is 6. The van der Waals surface area contributed by atoms with E-state index in [4.69, 9.17) is 0 Å². The van der Waals surface area contributed by atoms with Gasteiger partial charge in [0.05, 0.1) is 5.57 Å². The Morgan fingerprint density at radius 1 is 0.548 bits per heavy atom. The van der Waals surface area contributed by atoms with Gasteiger partial charge in [0.2, 0.25) is 5.76 Å². The second-order valence-electron chi connectivity index (χ2n) is 5.26. The molecule has 0 rings (SSSR count). The molecule has 0 aliphatic rings. The minimum atomic E-state index is -8.17. The molecule has 0 bridgehead atoms. The smallest absolute Gasteiger partial charge is 0.449 e. The van der Waals surface area contributed by atoms with E-state index in [-0.39, 0.29) is 0 Å². The monoisotopic (exact) mass is 506 g/mol. The Bertz CT molecular complexity index is 576. The Kier molecular flexibility index (Phi) is 7.89. The molecule has 0 aromatic heterocycles. The van der Waals surface area contributed by atoms with Crippen molar-refractivity contribution < 1.29 is 84.1 Å². The zero-order valence-corrected chi connectivity index (χ0v) is 14.2. The molecule has 0 heterocycles. The maximum absolute atomic E-state index is 14.1. The SMILES string of the molecule is CCOCOC(=C(C(F)(C(F)(F)F)C(F)(F)F)C(F)(C(F)(F)F)C(F)(F)F)C(F)(F)F. The lowest BCUT2D eigenvalue weighted by Gasteiger charge is -2.41. The molecule has 0 aliphatic carbocycles. The fourth-order valence-corrected chi connectivity index (χ4v) is 1.92. The largest absolute Gasteiger partial charge is 0.462 e. The molecule has 0 spiro atoms. The van der Waals surface area contributed by atoms with E-state index in [9.17, 15) is 74.6 Å². The minimum Gasteiger partial charge on any atom is -0.462 e. The first-order chi connectivity index (χ1) is 13.3. The molecular weight excluding hydrogens is 499 g/mol. The average molecular weight is 506 g/mol. The van der Waals surface area contributed by atoms with E-state index in [1.165, 1.54) is 0 Å². The molecule has 0 amide bonds. The van der Waals surface area contributed by atoms with Crippen molar-refractivity contribution in [1.29, 1.82) is 0 Å². The predicted molar refractivity (Wildman–Crippen MR) is 62.6 cm³/mol. The first kappa shape index (κ1) is 29.3. The summed E-state index contributed by atoms with van der Waals surface area (Å²) >= 11 is 0. The first-order valence-corrected chi connectivity index (χ1v) is 6.99. The fraction of sp³-hybridized carbons (Fsp3) is 0.833. The van der Waals surface area contributed by atoms with Gasteiger partial charge in [-0.05, 0) is 6.92 Å². The highest BCUT2D eigenvalue weighted by Gasteiger charge is 2.87. The Morgan fingerprint density at radius 2 is 0.839 bits per heavy atom. The number of hydrogen-bond donors (Lipinski definition) is 0. The summed E-state index contributed by atoms with van der Waals surface area (Å²) in [6, 6.07) is 0. The van der Waals surface area contributed by atoms with Gasteiger partial charge in [-0.3, -0.25) is 0 Å². The van der Waals surface area contributed by atoms with E-state index in [0.717, 1.165) is 6.92 Å². The molecule has 0 aromatic carbocycles. The summed E-state index contributed by atoms with van der Waals surface area (Å²) in [5.74, 6) is -4.53. The molecule has 0 saturated heterocycles. The fourth-order valence-electron chi connectivity index (χ4n) is 1.92. The standard InChI is InChI=1S/C12H7F17O2/c1-2-30-3-31-5(8(15,16)17)4(6(13,9(18,19)20)10(21,22)23)7(14,11(24,25)26)12(27,28)29/h2-3H2,1H3. The van der Waals surface area contributed by atoms with Gasteiger partial charge in [-0.25, -0.2) is 8.78 Å². The quantitative estimate of drug-likeness (QED) is 0.178.